The van der Waals surface area contributed by atoms with Gasteiger partial charge in [0.1, 0.15) is 0 Å². The number of carbonyl (C=O) groups excluding carboxylic acids is 1. The lowest BCUT2D eigenvalue weighted by molar-refractivity contribution is -0.129. The minimum atomic E-state index is 0.292. The zero-order valence-corrected chi connectivity index (χ0v) is 11.5. The Balaban J connectivity index is 1.56. The smallest absolute Gasteiger partial charge is 0.227 e. The highest BCUT2D eigenvalue weighted by atomic mass is 32.1. The molecule has 1 aliphatic heterocycles. The van der Waals surface area contributed by atoms with Crippen LogP contribution < -0.4 is 0 Å². The summed E-state index contributed by atoms with van der Waals surface area (Å²) in [6, 6.07) is 4.05. The molecule has 0 radical (unpaired) electrons. The molecule has 2 heterocycles. The van der Waals surface area contributed by atoms with Gasteiger partial charge in [-0.1, -0.05) is 6.07 Å². The maximum atomic E-state index is 12.2. The Morgan fingerprint density at radius 2 is 2.17 bits per heavy atom. The van der Waals surface area contributed by atoms with Crippen LogP contribution in [0, 0.1) is 11.8 Å². The number of thiophene rings is 1. The lowest BCUT2D eigenvalue weighted by Crippen LogP contribution is -2.31. The maximum Gasteiger partial charge on any atom is 0.227 e. The van der Waals surface area contributed by atoms with Crippen LogP contribution in [0.15, 0.2) is 17.5 Å². The largest absolute Gasteiger partial charge is 0.381 e. The average Bonchev–Trinajstić information content (AvgIpc) is 3.02. The number of hydrogen-bond donors (Lipinski definition) is 0. The molecule has 2 aliphatic rings. The van der Waals surface area contributed by atoms with Gasteiger partial charge in [0, 0.05) is 25.1 Å². The van der Waals surface area contributed by atoms with Gasteiger partial charge in [0.2, 0.25) is 5.91 Å². The van der Waals surface area contributed by atoms with Gasteiger partial charge in [-0.05, 0) is 36.1 Å². The summed E-state index contributed by atoms with van der Waals surface area (Å²) < 4.78 is 5.43. The van der Waals surface area contributed by atoms with Crippen LogP contribution in [0.3, 0.4) is 0 Å². The number of carbonyl (C=O) groups is 1. The Morgan fingerprint density at radius 1 is 1.44 bits per heavy atom. The first-order chi connectivity index (χ1) is 8.76. The normalized spacial score (nSPS) is 30.7. The number of likely N-dealkylation sites (tertiary alicyclic amines) is 1. The second-order valence-electron chi connectivity index (χ2n) is 5.40. The lowest BCUT2D eigenvalue weighted by atomic mass is 10.0. The molecular formula is C14H19NO2S. The number of nitrogens with zero attached hydrogens (tertiary/aromatic N) is 1. The molecule has 3 nitrogen and oxygen atoms in total. The van der Waals surface area contributed by atoms with E-state index in [1.807, 2.05) is 17.5 Å². The Morgan fingerprint density at radius 3 is 2.72 bits per heavy atom. The van der Waals surface area contributed by atoms with Crippen LogP contribution in [0.4, 0.5) is 0 Å². The SMILES string of the molecule is COC1C[C@@H]2CN(C(=O)Cc3cccs3)C[C@@H]2C1. The van der Waals surface area contributed by atoms with Crippen LogP contribution in [0.2, 0.25) is 0 Å². The molecule has 3 atom stereocenters. The van der Waals surface area contributed by atoms with Crippen LogP contribution >= 0.6 is 11.3 Å². The Kier molecular flexibility index (Phi) is 3.39. The van der Waals surface area contributed by atoms with Gasteiger partial charge in [0.05, 0.1) is 12.5 Å². The van der Waals surface area contributed by atoms with Crippen molar-refractivity contribution in [2.45, 2.75) is 25.4 Å². The topological polar surface area (TPSA) is 29.5 Å². The quantitative estimate of drug-likeness (QED) is 0.838. The molecule has 1 aromatic rings. The van der Waals surface area contributed by atoms with Crippen LogP contribution in [-0.2, 0) is 16.0 Å². The van der Waals surface area contributed by atoms with Gasteiger partial charge in [0.25, 0.3) is 0 Å². The van der Waals surface area contributed by atoms with E-state index in [0.29, 0.717) is 30.3 Å². The molecule has 18 heavy (non-hydrogen) atoms. The number of amides is 1. The Hall–Kier alpha value is -0.870. The predicted molar refractivity (Wildman–Crippen MR) is 71.6 cm³/mol. The monoisotopic (exact) mass is 265 g/mol. The van der Waals surface area contributed by atoms with Gasteiger partial charge in [0.15, 0.2) is 0 Å². The second kappa shape index (κ2) is 5.02. The van der Waals surface area contributed by atoms with E-state index in [1.54, 1.807) is 18.4 Å². The Labute approximate surface area is 112 Å². The third kappa shape index (κ3) is 2.31. The van der Waals surface area contributed by atoms with Gasteiger partial charge in [-0.3, -0.25) is 4.79 Å². The highest BCUT2D eigenvalue weighted by molar-refractivity contribution is 7.10. The fourth-order valence-corrected chi connectivity index (χ4v) is 4.01. The third-order valence-electron chi connectivity index (χ3n) is 4.30. The molecule has 1 unspecified atom stereocenters. The fourth-order valence-electron chi connectivity index (χ4n) is 3.31. The molecule has 0 N–H and O–H groups in total. The van der Waals surface area contributed by atoms with Gasteiger partial charge < -0.3 is 9.64 Å². The molecule has 4 heteroatoms. The van der Waals surface area contributed by atoms with Crippen molar-refractivity contribution in [3.8, 4) is 0 Å². The van der Waals surface area contributed by atoms with Gasteiger partial charge in [-0.25, -0.2) is 0 Å². The van der Waals surface area contributed by atoms with Crippen molar-refractivity contribution in [3.05, 3.63) is 22.4 Å². The minimum absolute atomic E-state index is 0.292. The van der Waals surface area contributed by atoms with Crippen LogP contribution in [0.25, 0.3) is 0 Å². The molecule has 1 aromatic heterocycles. The lowest BCUT2D eigenvalue weighted by Gasteiger charge is -2.18. The van der Waals surface area contributed by atoms with Gasteiger partial charge in [-0.15, -0.1) is 11.3 Å². The van der Waals surface area contributed by atoms with E-state index in [0.717, 1.165) is 25.9 Å². The first-order valence-electron chi connectivity index (χ1n) is 6.59. The molecule has 1 saturated carbocycles. The van der Waals surface area contributed by atoms with E-state index in [-0.39, 0.29) is 0 Å². The maximum absolute atomic E-state index is 12.2. The minimum Gasteiger partial charge on any atom is -0.381 e. The fraction of sp³-hybridized carbons (Fsp3) is 0.643. The van der Waals surface area contributed by atoms with Crippen LogP contribution in [0.1, 0.15) is 17.7 Å². The van der Waals surface area contributed by atoms with E-state index in [4.69, 9.17) is 4.74 Å². The summed E-state index contributed by atoms with van der Waals surface area (Å²) in [6.07, 6.45) is 3.26. The van der Waals surface area contributed by atoms with E-state index >= 15 is 0 Å². The summed E-state index contributed by atoms with van der Waals surface area (Å²) >= 11 is 1.67. The molecule has 1 saturated heterocycles. The van der Waals surface area contributed by atoms with Crippen molar-refractivity contribution in [3.63, 3.8) is 0 Å². The second-order valence-corrected chi connectivity index (χ2v) is 6.44. The molecule has 1 aliphatic carbocycles. The number of ether oxygens (including phenoxy) is 1. The summed E-state index contributed by atoms with van der Waals surface area (Å²) in [5, 5.41) is 2.03. The van der Waals surface area contributed by atoms with E-state index in [9.17, 15) is 4.79 Å². The molecule has 0 spiro atoms. The number of hydrogen-bond acceptors (Lipinski definition) is 3. The van der Waals surface area contributed by atoms with Crippen molar-refractivity contribution in [1.29, 1.82) is 0 Å². The van der Waals surface area contributed by atoms with Crippen molar-refractivity contribution in [2.75, 3.05) is 20.2 Å². The van der Waals surface area contributed by atoms with Crippen molar-refractivity contribution >= 4 is 17.2 Å². The van der Waals surface area contributed by atoms with Crippen molar-refractivity contribution in [2.24, 2.45) is 11.8 Å². The summed E-state index contributed by atoms with van der Waals surface area (Å²) in [6.45, 7) is 1.88. The van der Waals surface area contributed by atoms with Crippen molar-refractivity contribution in [1.82, 2.24) is 4.90 Å². The standard InChI is InChI=1S/C14H19NO2S/c1-17-12-5-10-8-15(9-11(10)6-12)14(16)7-13-3-2-4-18-13/h2-4,10-12H,5-9H2,1H3/t10-,11+,12?. The first-order valence-corrected chi connectivity index (χ1v) is 7.47. The molecule has 3 rings (SSSR count). The number of methoxy groups -OCH3 is 1. The summed E-state index contributed by atoms with van der Waals surface area (Å²) in [4.78, 5) is 15.4. The molecule has 2 fully saturated rings. The molecule has 98 valence electrons. The zero-order chi connectivity index (χ0) is 12.5. The van der Waals surface area contributed by atoms with Crippen molar-refractivity contribution < 1.29 is 9.53 Å². The van der Waals surface area contributed by atoms with Crippen LogP contribution in [-0.4, -0.2) is 37.1 Å². The zero-order valence-electron chi connectivity index (χ0n) is 10.7. The van der Waals surface area contributed by atoms with Gasteiger partial charge in [-0.2, -0.15) is 0 Å². The number of rotatable bonds is 3. The Bertz CT molecular complexity index is 403. The van der Waals surface area contributed by atoms with Gasteiger partial charge >= 0.3 is 0 Å². The van der Waals surface area contributed by atoms with E-state index in [2.05, 4.69) is 4.90 Å². The summed E-state index contributed by atoms with van der Waals surface area (Å²) in [7, 11) is 1.80. The predicted octanol–water partition coefficient (Wildman–Crippen LogP) is 2.17. The van der Waals surface area contributed by atoms with E-state index in [1.165, 1.54) is 4.88 Å². The molecule has 0 aromatic carbocycles. The van der Waals surface area contributed by atoms with Crippen LogP contribution in [0.5, 0.6) is 0 Å². The number of fused-ring (bicyclic) bond motifs is 1. The molecule has 0 bridgehead atoms. The molecule has 1 amide bonds. The third-order valence-corrected chi connectivity index (χ3v) is 5.18. The summed E-state index contributed by atoms with van der Waals surface area (Å²) in [5.74, 6) is 1.63. The first kappa shape index (κ1) is 12.2. The summed E-state index contributed by atoms with van der Waals surface area (Å²) in [5.41, 5.74) is 0. The highest BCUT2D eigenvalue weighted by Gasteiger charge is 2.42. The average molecular weight is 265 g/mol. The highest BCUT2D eigenvalue weighted by Crippen LogP contribution is 2.39. The van der Waals surface area contributed by atoms with E-state index < -0.39 is 0 Å². The molecular weight excluding hydrogens is 246 g/mol.